The van der Waals surface area contributed by atoms with Crippen molar-refractivity contribution < 1.29 is 28.5 Å². The molecule has 0 radical (unpaired) electrons. The van der Waals surface area contributed by atoms with Crippen LogP contribution in [0.3, 0.4) is 0 Å². The van der Waals surface area contributed by atoms with Crippen molar-refractivity contribution in [2.45, 2.75) is 32.3 Å². The van der Waals surface area contributed by atoms with Crippen molar-refractivity contribution in [2.75, 3.05) is 33.2 Å². The third kappa shape index (κ3) is 4.64. The minimum absolute atomic E-state index is 0.00278. The highest BCUT2D eigenvalue weighted by Gasteiger charge is 2.62. The van der Waals surface area contributed by atoms with Crippen molar-refractivity contribution in [3.05, 3.63) is 57.6 Å². The number of rotatable bonds is 10. The number of hydrogen-bond donors (Lipinski definition) is 0. The Kier molecular flexibility index (Phi) is 7.90. The van der Waals surface area contributed by atoms with Gasteiger partial charge in [0.05, 0.1) is 37.2 Å². The number of fused-ring (bicyclic) bond motifs is 1. The number of Topliss-reactive ketones (excluding diaryl/α,β-unsaturated/α-hetero) is 1. The van der Waals surface area contributed by atoms with E-state index >= 15 is 0 Å². The third-order valence-electron chi connectivity index (χ3n) is 5.50. The lowest BCUT2D eigenvalue weighted by Gasteiger charge is -2.42. The Balaban J connectivity index is 2.12. The van der Waals surface area contributed by atoms with E-state index in [1.165, 1.54) is 6.92 Å². The Hall–Kier alpha value is -3.58. The van der Waals surface area contributed by atoms with E-state index in [4.69, 9.17) is 29.7 Å². The molecule has 0 N–H and O–H groups in total. The van der Waals surface area contributed by atoms with Crippen LogP contribution < -0.4 is 0 Å². The van der Waals surface area contributed by atoms with Crippen LogP contribution in [0.4, 0.5) is 0 Å². The van der Waals surface area contributed by atoms with Crippen molar-refractivity contribution in [1.82, 2.24) is 4.90 Å². The summed E-state index contributed by atoms with van der Waals surface area (Å²) in [4.78, 5) is 30.7. The molecule has 3 rings (SSSR count). The van der Waals surface area contributed by atoms with E-state index in [9.17, 15) is 9.59 Å². The maximum absolute atomic E-state index is 13.4. The number of ketones is 1. The first-order valence-electron chi connectivity index (χ1n) is 10.5. The van der Waals surface area contributed by atoms with E-state index in [0.717, 1.165) is 6.42 Å². The molecule has 0 aromatic heterocycles. The van der Waals surface area contributed by atoms with E-state index in [1.54, 1.807) is 6.92 Å². The van der Waals surface area contributed by atoms with Gasteiger partial charge < -0.3 is 23.8 Å². The number of allylic oxidation sites excluding steroid dienone is 4. The normalized spacial score (nSPS) is 23.5. The van der Waals surface area contributed by atoms with Crippen LogP contribution in [0.15, 0.2) is 52.3 Å². The molecule has 2 aliphatic heterocycles. The lowest BCUT2D eigenvalue weighted by Crippen LogP contribution is -2.54. The summed E-state index contributed by atoms with van der Waals surface area (Å²) in [6, 6.07) is 1.93. The van der Waals surface area contributed by atoms with Crippen molar-refractivity contribution in [3.63, 3.8) is 0 Å². The molecule has 1 fully saturated rings. The summed E-state index contributed by atoms with van der Waals surface area (Å²) in [5, 5.41) is 12.3. The highest BCUT2D eigenvalue weighted by atomic mass is 16.7. The molecule has 1 saturated heterocycles. The molecule has 11 nitrogen and oxygen atoms in total. The Morgan fingerprint density at radius 3 is 2.82 bits per heavy atom. The van der Waals surface area contributed by atoms with Crippen molar-refractivity contribution >= 4 is 11.8 Å². The zero-order valence-electron chi connectivity index (χ0n) is 18.5. The minimum Gasteiger partial charge on any atom is -0.467 e. The lowest BCUT2D eigenvalue weighted by molar-refractivity contribution is -0.171. The molecular weight excluding hydrogens is 430 g/mol. The molecule has 0 aromatic rings. The van der Waals surface area contributed by atoms with E-state index in [1.807, 2.05) is 35.5 Å². The number of carbonyl (C=O) groups is 2. The quantitative estimate of drug-likeness (QED) is 0.161. The third-order valence-corrected chi connectivity index (χ3v) is 5.50. The number of esters is 1. The molecule has 0 amide bonds. The number of ether oxygens (including phenoxy) is 4. The Morgan fingerprint density at radius 1 is 1.39 bits per heavy atom. The Bertz CT molecular complexity index is 1000. The van der Waals surface area contributed by atoms with Gasteiger partial charge in [-0.1, -0.05) is 17.3 Å². The van der Waals surface area contributed by atoms with Gasteiger partial charge in [-0.25, -0.2) is 4.79 Å². The van der Waals surface area contributed by atoms with Gasteiger partial charge in [-0.15, -0.1) is 0 Å². The molecule has 0 saturated carbocycles. The fourth-order valence-electron chi connectivity index (χ4n) is 4.20. The summed E-state index contributed by atoms with van der Waals surface area (Å²) >= 11 is 0. The summed E-state index contributed by atoms with van der Waals surface area (Å²) in [5.41, 5.74) is 8.24. The van der Waals surface area contributed by atoms with Gasteiger partial charge in [0.25, 0.3) is 0 Å². The van der Waals surface area contributed by atoms with Crippen molar-refractivity contribution in [3.8, 4) is 6.07 Å². The van der Waals surface area contributed by atoms with Crippen molar-refractivity contribution in [2.24, 2.45) is 11.0 Å². The molecule has 2 atom stereocenters. The van der Waals surface area contributed by atoms with Crippen LogP contribution in [-0.4, -0.2) is 55.4 Å². The van der Waals surface area contributed by atoms with Crippen LogP contribution in [0.1, 0.15) is 26.7 Å². The van der Waals surface area contributed by atoms with Crippen LogP contribution >= 0.6 is 0 Å². The highest BCUT2D eigenvalue weighted by Crippen LogP contribution is 2.50. The maximum atomic E-state index is 13.4. The van der Waals surface area contributed by atoms with Gasteiger partial charge in [0.1, 0.15) is 6.61 Å². The molecule has 0 spiro atoms. The summed E-state index contributed by atoms with van der Waals surface area (Å²) in [5.74, 6) is -1.70. The summed E-state index contributed by atoms with van der Waals surface area (Å²) < 4.78 is 22.8. The monoisotopic (exact) mass is 455 g/mol. The average Bonchev–Trinajstić information content (AvgIpc) is 3.24. The predicted molar refractivity (Wildman–Crippen MR) is 114 cm³/mol. The average molecular weight is 455 g/mol. The fourth-order valence-corrected chi connectivity index (χ4v) is 4.20. The fraction of sp³-hybridized carbons (Fsp3) is 0.500. The van der Waals surface area contributed by atoms with E-state index in [-0.39, 0.29) is 56.7 Å². The zero-order valence-corrected chi connectivity index (χ0v) is 18.5. The largest absolute Gasteiger partial charge is 0.467 e. The number of carbonyl (C=O) groups excluding carboxylic acids is 2. The van der Waals surface area contributed by atoms with E-state index < -0.39 is 17.5 Å². The van der Waals surface area contributed by atoms with Crippen molar-refractivity contribution in [1.29, 1.82) is 5.26 Å². The van der Waals surface area contributed by atoms with Gasteiger partial charge in [-0.3, -0.25) is 4.79 Å². The molecule has 2 unspecified atom stereocenters. The summed E-state index contributed by atoms with van der Waals surface area (Å²) in [6.45, 7) is 3.04. The predicted octanol–water partition coefficient (Wildman–Crippen LogP) is 2.99. The van der Waals surface area contributed by atoms with Crippen LogP contribution in [-0.2, 0) is 28.5 Å². The standard InChI is InChI=1S/C22H25N5O6/c1-15-18(16(2)28)20-22(33-14-32-20,21(29)31-11-6-7-23)17(13-30-12-8-25-26-24)19(15)27-9-4-3-5-10-27/h4-5,9-10,17H,3,6,8,11-14H2,1-2H3. The Labute approximate surface area is 191 Å². The first kappa shape index (κ1) is 24.1. The Morgan fingerprint density at radius 2 is 2.15 bits per heavy atom. The number of nitriles is 1. The topological polar surface area (TPSA) is 147 Å². The molecule has 1 aliphatic carbocycles. The van der Waals surface area contributed by atoms with Crippen LogP contribution in [0.25, 0.3) is 10.4 Å². The zero-order chi connectivity index (χ0) is 23.8. The number of azide groups is 1. The second kappa shape index (κ2) is 10.8. The highest BCUT2D eigenvalue weighted by molar-refractivity contribution is 6.01. The SMILES string of the molecule is CC(=O)C1=C2OCOC2(C(=O)OCCC#N)C(COCCN=[N+]=[N-])C(N2C=CCC=C2)=C1C. The molecule has 0 bridgehead atoms. The van der Waals surface area contributed by atoms with Gasteiger partial charge in [-0.2, -0.15) is 5.26 Å². The van der Waals surface area contributed by atoms with Gasteiger partial charge >= 0.3 is 5.97 Å². The molecule has 2 heterocycles. The van der Waals surface area contributed by atoms with Crippen LogP contribution in [0.5, 0.6) is 0 Å². The van der Waals surface area contributed by atoms with Gasteiger partial charge in [0, 0.05) is 29.6 Å². The second-order valence-corrected chi connectivity index (χ2v) is 7.45. The molecule has 33 heavy (non-hydrogen) atoms. The number of nitrogens with zero attached hydrogens (tertiary/aromatic N) is 5. The van der Waals surface area contributed by atoms with E-state index in [0.29, 0.717) is 11.3 Å². The number of hydrogen-bond acceptors (Lipinski definition) is 9. The van der Waals surface area contributed by atoms with Gasteiger partial charge in [0.2, 0.25) is 5.60 Å². The molecule has 0 aromatic carbocycles. The summed E-state index contributed by atoms with van der Waals surface area (Å²) in [7, 11) is 0. The summed E-state index contributed by atoms with van der Waals surface area (Å²) in [6.07, 6.45) is 8.33. The first-order chi connectivity index (χ1) is 16.0. The van der Waals surface area contributed by atoms with Crippen LogP contribution in [0, 0.1) is 17.2 Å². The lowest BCUT2D eigenvalue weighted by atomic mass is 9.73. The maximum Gasteiger partial charge on any atom is 0.347 e. The first-order valence-corrected chi connectivity index (χ1v) is 10.5. The second-order valence-electron chi connectivity index (χ2n) is 7.45. The molecule has 3 aliphatic rings. The molecular formula is C22H25N5O6. The van der Waals surface area contributed by atoms with Gasteiger partial charge in [-0.05, 0) is 31.4 Å². The minimum atomic E-state index is -1.76. The van der Waals surface area contributed by atoms with Gasteiger partial charge in [0.15, 0.2) is 18.3 Å². The van der Waals surface area contributed by atoms with Crippen LogP contribution in [0.2, 0.25) is 0 Å². The molecule has 11 heteroatoms. The smallest absolute Gasteiger partial charge is 0.347 e. The van der Waals surface area contributed by atoms with E-state index in [2.05, 4.69) is 10.0 Å². The molecule has 174 valence electrons.